The Morgan fingerprint density at radius 3 is 2.53 bits per heavy atom. The van der Waals surface area contributed by atoms with Crippen LogP contribution in [0, 0.1) is 13.8 Å². The Kier molecular flexibility index (Phi) is 6.55. The normalized spacial score (nSPS) is 11.1. The third kappa shape index (κ3) is 4.98. The molecule has 0 saturated carbocycles. The van der Waals surface area contributed by atoms with Gasteiger partial charge in [0.25, 0.3) is 5.56 Å². The molecule has 10 heteroatoms. The van der Waals surface area contributed by atoms with Crippen molar-refractivity contribution in [3.05, 3.63) is 102 Å². The largest absolute Gasteiger partial charge is 0.325 e. The number of aromatic nitrogens is 5. The number of aromatic amines is 2. The second-order valence-electron chi connectivity index (χ2n) is 7.35. The smallest absolute Gasteiger partial charge is 0.311 e. The standard InChI is InChI=1S/C22H19Cl2N5O2S/c1-12-3-4-13(2)18(7-12)29-19(9-15-10-20(30)26-21(31)25-15)27-28-22(29)32-11-14-5-6-16(23)17(24)8-14/h3-8,10H,9,11H2,1-2H3,(H2,25,26,30,31). The fraction of sp³-hybridized carbons (Fsp3) is 0.182. The maximum absolute atomic E-state index is 11.7. The van der Waals surface area contributed by atoms with E-state index in [1.807, 2.05) is 42.7 Å². The summed E-state index contributed by atoms with van der Waals surface area (Å²) in [5.74, 6) is 1.22. The maximum Gasteiger partial charge on any atom is 0.325 e. The van der Waals surface area contributed by atoms with E-state index in [-0.39, 0.29) is 6.42 Å². The van der Waals surface area contributed by atoms with Gasteiger partial charge in [0.1, 0.15) is 5.82 Å². The zero-order valence-electron chi connectivity index (χ0n) is 17.3. The number of nitrogens with zero attached hydrogens (tertiary/aromatic N) is 3. The Balaban J connectivity index is 1.74. The number of thioether (sulfide) groups is 1. The number of halogens is 2. The van der Waals surface area contributed by atoms with Crippen LogP contribution in [0.25, 0.3) is 5.69 Å². The van der Waals surface area contributed by atoms with E-state index in [0.717, 1.165) is 22.4 Å². The van der Waals surface area contributed by atoms with Crippen molar-refractivity contribution < 1.29 is 0 Å². The number of aryl methyl sites for hydroxylation is 2. The van der Waals surface area contributed by atoms with Crippen LogP contribution < -0.4 is 11.2 Å². The molecule has 4 rings (SSSR count). The van der Waals surface area contributed by atoms with Crippen molar-refractivity contribution in [1.82, 2.24) is 24.7 Å². The van der Waals surface area contributed by atoms with Gasteiger partial charge in [0, 0.05) is 23.9 Å². The Hall–Kier alpha value is -2.81. The molecular weight excluding hydrogens is 469 g/mol. The molecule has 4 aromatic rings. The van der Waals surface area contributed by atoms with Gasteiger partial charge in [0.05, 0.1) is 15.7 Å². The highest BCUT2D eigenvalue weighted by Gasteiger charge is 2.18. The van der Waals surface area contributed by atoms with Crippen molar-refractivity contribution in [2.75, 3.05) is 0 Å². The van der Waals surface area contributed by atoms with Gasteiger partial charge >= 0.3 is 5.69 Å². The summed E-state index contributed by atoms with van der Waals surface area (Å²) >= 11 is 13.7. The SMILES string of the molecule is Cc1ccc(C)c(-n2c(Cc3cc(=O)[nH]c(=O)[nH]3)nnc2SCc2ccc(Cl)c(Cl)c2)c1. The van der Waals surface area contributed by atoms with E-state index < -0.39 is 11.2 Å². The Morgan fingerprint density at radius 2 is 1.78 bits per heavy atom. The fourth-order valence-electron chi connectivity index (χ4n) is 3.27. The van der Waals surface area contributed by atoms with Crippen LogP contribution in [0.1, 0.15) is 28.2 Å². The van der Waals surface area contributed by atoms with Gasteiger partial charge in [-0.3, -0.25) is 14.3 Å². The molecule has 2 heterocycles. The van der Waals surface area contributed by atoms with E-state index in [4.69, 9.17) is 23.2 Å². The van der Waals surface area contributed by atoms with Crippen molar-refractivity contribution in [3.63, 3.8) is 0 Å². The van der Waals surface area contributed by atoms with Gasteiger partial charge < -0.3 is 4.98 Å². The van der Waals surface area contributed by atoms with Crippen LogP contribution in [0.15, 0.2) is 57.2 Å². The molecule has 2 N–H and O–H groups in total. The highest BCUT2D eigenvalue weighted by atomic mass is 35.5. The van der Waals surface area contributed by atoms with E-state index >= 15 is 0 Å². The van der Waals surface area contributed by atoms with Crippen LogP contribution in [-0.2, 0) is 12.2 Å². The van der Waals surface area contributed by atoms with Gasteiger partial charge in [-0.25, -0.2) is 4.79 Å². The molecule has 0 radical (unpaired) electrons. The number of nitrogens with one attached hydrogen (secondary N) is 2. The maximum atomic E-state index is 11.7. The minimum atomic E-state index is -0.556. The first-order chi connectivity index (χ1) is 15.3. The summed E-state index contributed by atoms with van der Waals surface area (Å²) in [6.07, 6.45) is 0.243. The van der Waals surface area contributed by atoms with Gasteiger partial charge in [-0.15, -0.1) is 10.2 Å². The van der Waals surface area contributed by atoms with E-state index in [2.05, 4.69) is 26.2 Å². The van der Waals surface area contributed by atoms with E-state index in [1.165, 1.54) is 17.8 Å². The average Bonchev–Trinajstić information content (AvgIpc) is 3.12. The van der Waals surface area contributed by atoms with Crippen molar-refractivity contribution >= 4 is 35.0 Å². The molecule has 0 atom stereocenters. The number of H-pyrrole nitrogens is 2. The molecule has 2 aromatic carbocycles. The molecular formula is C22H19Cl2N5O2S. The van der Waals surface area contributed by atoms with Crippen LogP contribution >= 0.6 is 35.0 Å². The summed E-state index contributed by atoms with van der Waals surface area (Å²) in [5.41, 5.74) is 3.52. The van der Waals surface area contributed by atoms with Crippen LogP contribution in [-0.4, -0.2) is 24.7 Å². The highest BCUT2D eigenvalue weighted by molar-refractivity contribution is 7.98. The lowest BCUT2D eigenvalue weighted by atomic mass is 10.1. The summed E-state index contributed by atoms with van der Waals surface area (Å²) in [4.78, 5) is 28.3. The molecule has 32 heavy (non-hydrogen) atoms. The Morgan fingerprint density at radius 1 is 0.969 bits per heavy atom. The third-order valence-electron chi connectivity index (χ3n) is 4.82. The average molecular weight is 488 g/mol. The third-order valence-corrected chi connectivity index (χ3v) is 6.56. The predicted octanol–water partition coefficient (Wildman–Crippen LogP) is 4.45. The molecule has 0 saturated heterocycles. The minimum absolute atomic E-state index is 0.243. The lowest BCUT2D eigenvalue weighted by Gasteiger charge is -2.14. The van der Waals surface area contributed by atoms with Gasteiger partial charge in [-0.1, -0.05) is 53.2 Å². The van der Waals surface area contributed by atoms with Crippen molar-refractivity contribution in [2.45, 2.75) is 31.2 Å². The zero-order valence-corrected chi connectivity index (χ0v) is 19.6. The quantitative estimate of drug-likeness (QED) is 0.391. The Bertz CT molecular complexity index is 1380. The monoisotopic (exact) mass is 487 g/mol. The number of rotatable bonds is 6. The topological polar surface area (TPSA) is 96.4 Å². The Labute approximate surface area is 197 Å². The number of hydrogen-bond donors (Lipinski definition) is 2. The molecule has 0 bridgehead atoms. The summed E-state index contributed by atoms with van der Waals surface area (Å²) in [7, 11) is 0. The first-order valence-electron chi connectivity index (χ1n) is 9.71. The zero-order chi connectivity index (χ0) is 22.8. The van der Waals surface area contributed by atoms with Crippen LogP contribution in [0.2, 0.25) is 10.0 Å². The van der Waals surface area contributed by atoms with Crippen LogP contribution in [0.3, 0.4) is 0 Å². The molecule has 0 aliphatic heterocycles. The van der Waals surface area contributed by atoms with Crippen molar-refractivity contribution in [3.8, 4) is 5.69 Å². The van der Waals surface area contributed by atoms with Crippen molar-refractivity contribution in [1.29, 1.82) is 0 Å². The molecule has 2 aromatic heterocycles. The van der Waals surface area contributed by atoms with Gasteiger partial charge in [0.2, 0.25) is 0 Å². The second-order valence-corrected chi connectivity index (χ2v) is 9.11. The molecule has 0 spiro atoms. The molecule has 0 fully saturated rings. The summed E-state index contributed by atoms with van der Waals surface area (Å²) in [6.45, 7) is 4.03. The van der Waals surface area contributed by atoms with E-state index in [1.54, 1.807) is 6.07 Å². The van der Waals surface area contributed by atoms with E-state index in [9.17, 15) is 9.59 Å². The molecule has 7 nitrogen and oxygen atoms in total. The molecule has 0 aliphatic rings. The first kappa shape index (κ1) is 22.4. The van der Waals surface area contributed by atoms with Crippen LogP contribution in [0.5, 0.6) is 0 Å². The molecule has 0 amide bonds. The fourth-order valence-corrected chi connectivity index (χ4v) is 4.50. The summed E-state index contributed by atoms with van der Waals surface area (Å²) < 4.78 is 1.96. The minimum Gasteiger partial charge on any atom is -0.311 e. The molecule has 164 valence electrons. The van der Waals surface area contributed by atoms with Crippen LogP contribution in [0.4, 0.5) is 0 Å². The number of hydrogen-bond acceptors (Lipinski definition) is 5. The predicted molar refractivity (Wildman–Crippen MR) is 127 cm³/mol. The lowest BCUT2D eigenvalue weighted by Crippen LogP contribution is -2.23. The van der Waals surface area contributed by atoms with Gasteiger partial charge in [-0.05, 0) is 48.7 Å². The second kappa shape index (κ2) is 9.36. The van der Waals surface area contributed by atoms with E-state index in [0.29, 0.717) is 32.5 Å². The molecule has 0 aliphatic carbocycles. The van der Waals surface area contributed by atoms with Gasteiger partial charge in [-0.2, -0.15) is 0 Å². The lowest BCUT2D eigenvalue weighted by molar-refractivity contribution is 0.823. The summed E-state index contributed by atoms with van der Waals surface area (Å²) in [6, 6.07) is 13.0. The van der Waals surface area contributed by atoms with Gasteiger partial charge in [0.15, 0.2) is 5.16 Å². The number of benzene rings is 2. The first-order valence-corrected chi connectivity index (χ1v) is 11.5. The molecule has 0 unspecified atom stereocenters. The van der Waals surface area contributed by atoms with Crippen molar-refractivity contribution in [2.24, 2.45) is 0 Å². The highest BCUT2D eigenvalue weighted by Crippen LogP contribution is 2.30. The summed E-state index contributed by atoms with van der Waals surface area (Å²) in [5, 5.41) is 10.5.